The summed E-state index contributed by atoms with van der Waals surface area (Å²) in [4.78, 5) is 16.1. The molecular formula is C17H18F4N6O. The number of alkyl halides is 4. The highest BCUT2D eigenvalue weighted by atomic mass is 19.3. The number of aryl methyl sites for hydroxylation is 1. The molecule has 0 aromatic carbocycles. The van der Waals surface area contributed by atoms with Gasteiger partial charge in [-0.3, -0.25) is 9.48 Å². The lowest BCUT2D eigenvalue weighted by Gasteiger charge is -2.14. The molecule has 0 aliphatic heterocycles. The van der Waals surface area contributed by atoms with Crippen LogP contribution in [0.3, 0.4) is 0 Å². The van der Waals surface area contributed by atoms with Gasteiger partial charge in [0.05, 0.1) is 17.6 Å². The minimum atomic E-state index is -3.02. The van der Waals surface area contributed by atoms with E-state index in [2.05, 4.69) is 20.5 Å². The average Bonchev–Trinajstić information content (AvgIpc) is 3.22. The number of rotatable bonds is 7. The van der Waals surface area contributed by atoms with Gasteiger partial charge in [0, 0.05) is 24.0 Å². The Morgan fingerprint density at radius 1 is 1.25 bits per heavy atom. The van der Waals surface area contributed by atoms with Crippen molar-refractivity contribution >= 4 is 16.9 Å². The van der Waals surface area contributed by atoms with Crippen LogP contribution in [0.4, 0.5) is 17.6 Å². The number of fused-ring (bicyclic) bond motifs is 1. The molecule has 11 heteroatoms. The Hall–Kier alpha value is -2.98. The van der Waals surface area contributed by atoms with E-state index < -0.39 is 30.0 Å². The first-order valence-corrected chi connectivity index (χ1v) is 8.47. The van der Waals surface area contributed by atoms with Crippen molar-refractivity contribution < 1.29 is 22.4 Å². The predicted octanol–water partition coefficient (Wildman–Crippen LogP) is 3.02. The second-order valence-electron chi connectivity index (χ2n) is 6.38. The third-order valence-corrected chi connectivity index (χ3v) is 4.11. The lowest BCUT2D eigenvalue weighted by molar-refractivity contribution is -0.122. The first-order chi connectivity index (χ1) is 13.3. The highest BCUT2D eigenvalue weighted by Crippen LogP contribution is 2.32. The van der Waals surface area contributed by atoms with E-state index in [4.69, 9.17) is 0 Å². The fraction of sp³-hybridized carbons (Fsp3) is 0.412. The Morgan fingerprint density at radius 3 is 2.61 bits per heavy atom. The summed E-state index contributed by atoms with van der Waals surface area (Å²) in [6.07, 6.45) is -2.63. The maximum Gasteiger partial charge on any atom is 0.280 e. The van der Waals surface area contributed by atoms with Crippen molar-refractivity contribution in [2.24, 2.45) is 0 Å². The predicted molar refractivity (Wildman–Crippen MR) is 92.0 cm³/mol. The van der Waals surface area contributed by atoms with Crippen LogP contribution in [0.15, 0.2) is 24.5 Å². The summed E-state index contributed by atoms with van der Waals surface area (Å²) in [5, 5.41) is 10.8. The summed E-state index contributed by atoms with van der Waals surface area (Å²) in [5.41, 5.74) is -1.33. The molecule has 1 amide bonds. The van der Waals surface area contributed by atoms with Crippen molar-refractivity contribution in [3.8, 4) is 0 Å². The number of pyridine rings is 1. The summed E-state index contributed by atoms with van der Waals surface area (Å²) in [6, 6.07) is 2.17. The third kappa shape index (κ3) is 4.12. The Balaban J connectivity index is 1.85. The molecule has 0 radical (unpaired) electrons. The average molecular weight is 398 g/mol. The summed E-state index contributed by atoms with van der Waals surface area (Å²) < 4.78 is 55.5. The van der Waals surface area contributed by atoms with E-state index in [0.29, 0.717) is 12.6 Å². The second-order valence-corrected chi connectivity index (χ2v) is 6.38. The summed E-state index contributed by atoms with van der Waals surface area (Å²) in [6.45, 7) is 3.33. The van der Waals surface area contributed by atoms with Crippen LogP contribution in [0.25, 0.3) is 11.0 Å². The molecule has 150 valence electrons. The van der Waals surface area contributed by atoms with E-state index in [0.717, 1.165) is 4.68 Å². The summed E-state index contributed by atoms with van der Waals surface area (Å²) >= 11 is 0. The maximum absolute atomic E-state index is 13.3. The van der Waals surface area contributed by atoms with Gasteiger partial charge in [-0.1, -0.05) is 0 Å². The zero-order valence-electron chi connectivity index (χ0n) is 15.1. The van der Waals surface area contributed by atoms with Gasteiger partial charge in [-0.25, -0.2) is 27.2 Å². The fourth-order valence-electron chi connectivity index (χ4n) is 2.99. The topological polar surface area (TPSA) is 77.6 Å². The fourth-order valence-corrected chi connectivity index (χ4v) is 2.99. The maximum atomic E-state index is 13.3. The lowest BCUT2D eigenvalue weighted by atomic mass is 10.1. The number of nitrogens with one attached hydrogen (secondary N) is 1. The van der Waals surface area contributed by atoms with E-state index in [-0.39, 0.29) is 29.3 Å². The van der Waals surface area contributed by atoms with Crippen molar-refractivity contribution in [3.05, 3.63) is 41.5 Å². The van der Waals surface area contributed by atoms with E-state index in [9.17, 15) is 22.4 Å². The highest BCUT2D eigenvalue weighted by molar-refractivity contribution is 5.84. The third-order valence-electron chi connectivity index (χ3n) is 4.11. The van der Waals surface area contributed by atoms with E-state index in [1.807, 2.05) is 0 Å². The largest absolute Gasteiger partial charge is 0.350 e. The molecule has 1 N–H and O–H groups in total. The van der Waals surface area contributed by atoms with Crippen molar-refractivity contribution in [2.75, 3.05) is 0 Å². The van der Waals surface area contributed by atoms with Gasteiger partial charge in [0.25, 0.3) is 12.9 Å². The van der Waals surface area contributed by atoms with Crippen LogP contribution < -0.4 is 5.32 Å². The Bertz CT molecular complexity index is 970. The van der Waals surface area contributed by atoms with Crippen molar-refractivity contribution in [1.82, 2.24) is 29.9 Å². The Morgan fingerprint density at radius 2 is 2.00 bits per heavy atom. The van der Waals surface area contributed by atoms with E-state index in [1.54, 1.807) is 30.1 Å². The molecule has 1 atom stereocenters. The molecular weight excluding hydrogens is 380 g/mol. The van der Waals surface area contributed by atoms with Crippen LogP contribution in [-0.2, 0) is 17.9 Å². The van der Waals surface area contributed by atoms with Crippen molar-refractivity contribution in [2.45, 2.75) is 45.8 Å². The van der Waals surface area contributed by atoms with E-state index >= 15 is 0 Å². The number of aromatic nitrogens is 5. The molecule has 3 aromatic rings. The second kappa shape index (κ2) is 7.95. The SMILES string of the molecule is Cc1nn(CC(=O)NC(C)Cn2cccn2)c2nc(C(F)F)cc(C(F)F)c12. The minimum Gasteiger partial charge on any atom is -0.350 e. The van der Waals surface area contributed by atoms with Gasteiger partial charge >= 0.3 is 0 Å². The minimum absolute atomic E-state index is 0.0169. The molecule has 0 saturated carbocycles. The first kappa shape index (κ1) is 19.8. The molecule has 0 aliphatic carbocycles. The number of hydrogen-bond acceptors (Lipinski definition) is 4. The van der Waals surface area contributed by atoms with Gasteiger partial charge in [-0.15, -0.1) is 0 Å². The van der Waals surface area contributed by atoms with Crippen molar-refractivity contribution in [3.63, 3.8) is 0 Å². The number of amides is 1. The van der Waals surface area contributed by atoms with Gasteiger partial charge in [0.15, 0.2) is 5.65 Å². The number of carbonyl (C=O) groups is 1. The van der Waals surface area contributed by atoms with Gasteiger partial charge < -0.3 is 5.32 Å². The molecule has 0 fully saturated rings. The highest BCUT2D eigenvalue weighted by Gasteiger charge is 2.24. The molecule has 28 heavy (non-hydrogen) atoms. The molecule has 0 aliphatic rings. The number of carbonyl (C=O) groups excluding carboxylic acids is 1. The van der Waals surface area contributed by atoms with Crippen LogP contribution in [0.5, 0.6) is 0 Å². The van der Waals surface area contributed by atoms with Crippen LogP contribution in [0.1, 0.15) is 36.7 Å². The molecule has 0 bridgehead atoms. The number of halogens is 4. The Labute approximate surface area is 157 Å². The number of hydrogen-bond donors (Lipinski definition) is 1. The van der Waals surface area contributed by atoms with Gasteiger partial charge in [-0.05, 0) is 26.0 Å². The van der Waals surface area contributed by atoms with Crippen molar-refractivity contribution in [1.29, 1.82) is 0 Å². The summed E-state index contributed by atoms with van der Waals surface area (Å²) in [7, 11) is 0. The molecule has 3 rings (SSSR count). The zero-order chi connectivity index (χ0) is 20.4. The van der Waals surface area contributed by atoms with Gasteiger partial charge in [-0.2, -0.15) is 10.2 Å². The van der Waals surface area contributed by atoms with Crippen LogP contribution in [-0.4, -0.2) is 36.5 Å². The smallest absolute Gasteiger partial charge is 0.280 e. The molecule has 0 spiro atoms. The van der Waals surface area contributed by atoms with Gasteiger partial charge in [0.1, 0.15) is 12.2 Å². The molecule has 1 unspecified atom stereocenters. The Kier molecular flexibility index (Phi) is 5.61. The van der Waals surface area contributed by atoms with Crippen LogP contribution in [0.2, 0.25) is 0 Å². The quantitative estimate of drug-likeness (QED) is 0.621. The zero-order valence-corrected chi connectivity index (χ0v) is 15.1. The standard InChI is InChI=1S/C17H18F4N6O/c1-9(7-26-5-3-4-22-26)23-13(28)8-27-17-14(10(2)25-27)11(15(18)19)6-12(24-17)16(20)21/h3-6,9,15-16H,7-8H2,1-2H3,(H,23,28). The van der Waals surface area contributed by atoms with E-state index in [1.165, 1.54) is 6.92 Å². The molecule has 3 heterocycles. The van der Waals surface area contributed by atoms with Crippen LogP contribution >= 0.6 is 0 Å². The molecule has 3 aromatic heterocycles. The lowest BCUT2D eigenvalue weighted by Crippen LogP contribution is -2.38. The normalized spacial score (nSPS) is 12.9. The number of nitrogens with zero attached hydrogens (tertiary/aromatic N) is 5. The molecule has 0 saturated heterocycles. The van der Waals surface area contributed by atoms with Crippen LogP contribution in [0, 0.1) is 6.92 Å². The monoisotopic (exact) mass is 398 g/mol. The summed E-state index contributed by atoms with van der Waals surface area (Å²) in [5.74, 6) is -0.452. The molecule has 7 nitrogen and oxygen atoms in total. The first-order valence-electron chi connectivity index (χ1n) is 8.47. The van der Waals surface area contributed by atoms with Gasteiger partial charge in [0.2, 0.25) is 5.91 Å².